The molecule has 1 aromatic carbocycles. The average Bonchev–Trinajstić information content (AvgIpc) is 3.01. The zero-order valence-corrected chi connectivity index (χ0v) is 18.1. The molecule has 1 amide bonds. The maximum Gasteiger partial charge on any atom is 0.261 e. The lowest BCUT2D eigenvalue weighted by molar-refractivity contribution is 0.0950. The topological polar surface area (TPSA) is 82.6 Å². The summed E-state index contributed by atoms with van der Waals surface area (Å²) in [7, 11) is 3.13. The summed E-state index contributed by atoms with van der Waals surface area (Å²) in [6.07, 6.45) is 0. The zero-order chi connectivity index (χ0) is 20.1. The van der Waals surface area contributed by atoms with Gasteiger partial charge in [0.05, 0.1) is 23.9 Å². The summed E-state index contributed by atoms with van der Waals surface area (Å²) in [5, 5.41) is 3.64. The molecule has 0 saturated heterocycles. The minimum absolute atomic E-state index is 0.173. The third kappa shape index (κ3) is 4.60. The molecule has 0 unspecified atom stereocenters. The molecule has 0 fully saturated rings. The van der Waals surface area contributed by atoms with E-state index in [1.165, 1.54) is 11.3 Å². The fourth-order valence-electron chi connectivity index (χ4n) is 2.67. The number of benzene rings is 1. The van der Waals surface area contributed by atoms with Crippen molar-refractivity contribution >= 4 is 43.4 Å². The standard InChI is InChI=1S/C19H20BrN3O4S/c1-11-15-18(26-3)22-14(10-25-2)23-19(15)28-16(11)17(24)21-7-8-27-13-6-4-5-12(20)9-13/h4-6,9H,7-8,10H2,1-3H3,(H,21,24). The minimum atomic E-state index is -0.173. The number of aryl methyl sites for hydroxylation is 1. The molecular formula is C19H20BrN3O4S. The SMILES string of the molecule is COCc1nc(OC)c2c(C)c(C(=O)NCCOc3cccc(Br)c3)sc2n1. The van der Waals surface area contributed by atoms with Crippen LogP contribution in [0, 0.1) is 6.92 Å². The number of thiophene rings is 1. The second kappa shape index (κ2) is 9.31. The molecule has 0 aliphatic rings. The summed E-state index contributed by atoms with van der Waals surface area (Å²) < 4.78 is 17.1. The van der Waals surface area contributed by atoms with Crippen LogP contribution in [0.2, 0.25) is 0 Å². The van der Waals surface area contributed by atoms with E-state index in [1.807, 2.05) is 31.2 Å². The Morgan fingerprint density at radius 2 is 2.11 bits per heavy atom. The van der Waals surface area contributed by atoms with Gasteiger partial charge < -0.3 is 19.5 Å². The summed E-state index contributed by atoms with van der Waals surface area (Å²) in [5.74, 6) is 1.53. The normalized spacial score (nSPS) is 10.9. The summed E-state index contributed by atoms with van der Waals surface area (Å²) in [6.45, 7) is 2.90. The molecule has 9 heteroatoms. The van der Waals surface area contributed by atoms with Crippen LogP contribution in [-0.4, -0.2) is 43.2 Å². The van der Waals surface area contributed by atoms with Crippen LogP contribution in [0.5, 0.6) is 11.6 Å². The van der Waals surface area contributed by atoms with Gasteiger partial charge >= 0.3 is 0 Å². The molecule has 28 heavy (non-hydrogen) atoms. The highest BCUT2D eigenvalue weighted by Crippen LogP contribution is 2.35. The monoisotopic (exact) mass is 465 g/mol. The number of carbonyl (C=O) groups is 1. The van der Waals surface area contributed by atoms with E-state index in [2.05, 4.69) is 31.2 Å². The van der Waals surface area contributed by atoms with E-state index in [9.17, 15) is 4.79 Å². The smallest absolute Gasteiger partial charge is 0.261 e. The Hall–Kier alpha value is -2.23. The van der Waals surface area contributed by atoms with Crippen molar-refractivity contribution in [2.24, 2.45) is 0 Å². The number of hydrogen-bond donors (Lipinski definition) is 1. The molecule has 2 heterocycles. The fourth-order valence-corrected chi connectivity index (χ4v) is 4.16. The molecule has 1 N–H and O–H groups in total. The first-order chi connectivity index (χ1) is 13.5. The van der Waals surface area contributed by atoms with Crippen LogP contribution in [0.4, 0.5) is 0 Å². The Bertz CT molecular complexity index is 993. The molecule has 0 aliphatic heterocycles. The highest BCUT2D eigenvalue weighted by Gasteiger charge is 2.21. The van der Waals surface area contributed by atoms with Crippen molar-refractivity contribution in [3.8, 4) is 11.6 Å². The van der Waals surface area contributed by atoms with E-state index in [0.29, 0.717) is 34.6 Å². The average molecular weight is 466 g/mol. The van der Waals surface area contributed by atoms with Crippen LogP contribution in [0.15, 0.2) is 28.7 Å². The number of amides is 1. The molecule has 0 saturated carbocycles. The lowest BCUT2D eigenvalue weighted by Crippen LogP contribution is -2.27. The quantitative estimate of drug-likeness (QED) is 0.510. The molecule has 3 rings (SSSR count). The van der Waals surface area contributed by atoms with Crippen LogP contribution in [0.25, 0.3) is 10.2 Å². The summed E-state index contributed by atoms with van der Waals surface area (Å²) in [4.78, 5) is 22.7. The minimum Gasteiger partial charge on any atom is -0.492 e. The summed E-state index contributed by atoms with van der Waals surface area (Å²) >= 11 is 4.71. The molecular weight excluding hydrogens is 446 g/mol. The molecule has 0 atom stereocenters. The number of fused-ring (bicyclic) bond motifs is 1. The lowest BCUT2D eigenvalue weighted by atomic mass is 10.2. The number of rotatable bonds is 8. The molecule has 0 aliphatic carbocycles. The molecule has 7 nitrogen and oxygen atoms in total. The van der Waals surface area contributed by atoms with Crippen molar-refractivity contribution in [2.75, 3.05) is 27.4 Å². The van der Waals surface area contributed by atoms with Crippen molar-refractivity contribution < 1.29 is 19.0 Å². The largest absolute Gasteiger partial charge is 0.492 e. The molecule has 0 radical (unpaired) electrons. The van der Waals surface area contributed by atoms with Crippen LogP contribution in [-0.2, 0) is 11.3 Å². The van der Waals surface area contributed by atoms with Gasteiger partial charge in [-0.1, -0.05) is 22.0 Å². The van der Waals surface area contributed by atoms with Gasteiger partial charge in [0.25, 0.3) is 5.91 Å². The predicted octanol–water partition coefficient (Wildman–Crippen LogP) is 3.73. The number of halogens is 1. The van der Waals surface area contributed by atoms with Crippen LogP contribution in [0.1, 0.15) is 21.1 Å². The van der Waals surface area contributed by atoms with Crippen molar-refractivity contribution in [1.29, 1.82) is 0 Å². The van der Waals surface area contributed by atoms with Gasteiger partial charge in [-0.3, -0.25) is 4.79 Å². The number of nitrogens with one attached hydrogen (secondary N) is 1. The third-order valence-electron chi connectivity index (χ3n) is 3.93. The van der Waals surface area contributed by atoms with E-state index in [1.54, 1.807) is 14.2 Å². The van der Waals surface area contributed by atoms with E-state index in [0.717, 1.165) is 21.2 Å². The van der Waals surface area contributed by atoms with E-state index in [-0.39, 0.29) is 12.5 Å². The van der Waals surface area contributed by atoms with E-state index < -0.39 is 0 Å². The van der Waals surface area contributed by atoms with Gasteiger partial charge in [0.15, 0.2) is 5.82 Å². The number of aromatic nitrogens is 2. The first-order valence-corrected chi connectivity index (χ1v) is 10.1. The number of carbonyl (C=O) groups excluding carboxylic acids is 1. The molecule has 0 spiro atoms. The molecule has 0 bridgehead atoms. The second-order valence-corrected chi connectivity index (χ2v) is 7.79. The maximum atomic E-state index is 12.6. The molecule has 3 aromatic rings. The predicted molar refractivity (Wildman–Crippen MR) is 111 cm³/mol. The Labute approximate surface area is 175 Å². The number of hydrogen-bond acceptors (Lipinski definition) is 7. The second-order valence-electron chi connectivity index (χ2n) is 5.88. The van der Waals surface area contributed by atoms with Crippen molar-refractivity contribution in [2.45, 2.75) is 13.5 Å². The highest BCUT2D eigenvalue weighted by molar-refractivity contribution is 9.10. The van der Waals surface area contributed by atoms with Gasteiger partial charge in [-0.2, -0.15) is 4.98 Å². The van der Waals surface area contributed by atoms with E-state index >= 15 is 0 Å². The van der Waals surface area contributed by atoms with Crippen LogP contribution in [0.3, 0.4) is 0 Å². The zero-order valence-electron chi connectivity index (χ0n) is 15.7. The molecule has 2 aromatic heterocycles. The van der Waals surface area contributed by atoms with E-state index in [4.69, 9.17) is 14.2 Å². The third-order valence-corrected chi connectivity index (χ3v) is 5.61. The summed E-state index contributed by atoms with van der Waals surface area (Å²) in [5.41, 5.74) is 0.797. The van der Waals surface area contributed by atoms with Gasteiger partial charge in [-0.15, -0.1) is 11.3 Å². The highest BCUT2D eigenvalue weighted by atomic mass is 79.9. The fraction of sp³-hybridized carbons (Fsp3) is 0.316. The van der Waals surface area contributed by atoms with Gasteiger partial charge in [-0.05, 0) is 30.7 Å². The first-order valence-electron chi connectivity index (χ1n) is 8.53. The van der Waals surface area contributed by atoms with Gasteiger partial charge in [0.1, 0.15) is 23.8 Å². The number of nitrogens with zero attached hydrogens (tertiary/aromatic N) is 2. The molecule has 148 valence electrons. The number of ether oxygens (including phenoxy) is 3. The van der Waals surface area contributed by atoms with Crippen molar-refractivity contribution in [3.05, 3.63) is 45.0 Å². The Balaban J connectivity index is 1.70. The van der Waals surface area contributed by atoms with Crippen LogP contribution >= 0.6 is 27.3 Å². The van der Waals surface area contributed by atoms with Gasteiger partial charge in [-0.25, -0.2) is 4.98 Å². The first kappa shape index (κ1) is 20.5. The Morgan fingerprint density at radius 3 is 2.82 bits per heavy atom. The number of methoxy groups -OCH3 is 2. The maximum absolute atomic E-state index is 12.6. The van der Waals surface area contributed by atoms with Crippen molar-refractivity contribution in [1.82, 2.24) is 15.3 Å². The van der Waals surface area contributed by atoms with Crippen molar-refractivity contribution in [3.63, 3.8) is 0 Å². The lowest BCUT2D eigenvalue weighted by Gasteiger charge is -2.08. The Morgan fingerprint density at radius 1 is 1.29 bits per heavy atom. The Kier molecular flexibility index (Phi) is 6.82. The summed E-state index contributed by atoms with van der Waals surface area (Å²) in [6, 6.07) is 7.56. The van der Waals surface area contributed by atoms with Gasteiger partial charge in [0.2, 0.25) is 5.88 Å². The van der Waals surface area contributed by atoms with Crippen LogP contribution < -0.4 is 14.8 Å². The van der Waals surface area contributed by atoms with Gasteiger partial charge in [0, 0.05) is 11.6 Å².